The summed E-state index contributed by atoms with van der Waals surface area (Å²) in [6.45, 7) is 7.30. The molecule has 2 amide bonds. The van der Waals surface area contributed by atoms with Crippen LogP contribution in [-0.4, -0.2) is 58.5 Å². The Morgan fingerprint density at radius 2 is 1.56 bits per heavy atom. The van der Waals surface area contributed by atoms with E-state index in [1.807, 2.05) is 20.8 Å². The molecule has 0 radical (unpaired) electrons. The van der Waals surface area contributed by atoms with Crippen LogP contribution in [-0.2, 0) is 26.2 Å². The number of nitrogens with zero attached hydrogens (tertiary/aromatic N) is 2. The summed E-state index contributed by atoms with van der Waals surface area (Å²) in [5.74, 6) is -0.558. The largest absolute Gasteiger partial charge is 0.493 e. The molecule has 0 aliphatic carbocycles. The van der Waals surface area contributed by atoms with Crippen LogP contribution in [0, 0.1) is 18.7 Å². The van der Waals surface area contributed by atoms with Gasteiger partial charge in [-0.1, -0.05) is 50.6 Å². The van der Waals surface area contributed by atoms with Gasteiger partial charge in [0.1, 0.15) is 18.4 Å². The fourth-order valence-corrected chi connectivity index (χ4v) is 5.88. The van der Waals surface area contributed by atoms with Crippen molar-refractivity contribution in [1.82, 2.24) is 10.2 Å². The van der Waals surface area contributed by atoms with Crippen molar-refractivity contribution in [2.24, 2.45) is 5.92 Å². The number of methoxy groups -OCH3 is 2. The second-order valence-electron chi connectivity index (χ2n) is 10.6. The highest BCUT2D eigenvalue weighted by Gasteiger charge is 2.34. The summed E-state index contributed by atoms with van der Waals surface area (Å²) >= 11 is 0. The number of benzene rings is 3. The third-order valence-electron chi connectivity index (χ3n) is 6.88. The molecule has 3 rings (SSSR count). The van der Waals surface area contributed by atoms with Crippen molar-refractivity contribution in [2.75, 3.05) is 31.6 Å². The molecule has 1 atom stereocenters. The van der Waals surface area contributed by atoms with Gasteiger partial charge in [0.05, 0.1) is 24.8 Å². The molecule has 0 fully saturated rings. The van der Waals surface area contributed by atoms with Gasteiger partial charge in [-0.2, -0.15) is 0 Å². The number of hydrogen-bond donors (Lipinski definition) is 1. The number of ether oxygens (including phenoxy) is 2. The van der Waals surface area contributed by atoms with Crippen molar-refractivity contribution in [1.29, 1.82) is 0 Å². The van der Waals surface area contributed by atoms with Gasteiger partial charge in [0.15, 0.2) is 11.5 Å². The summed E-state index contributed by atoms with van der Waals surface area (Å²) in [5, 5.41) is 2.88. The van der Waals surface area contributed by atoms with Crippen molar-refractivity contribution < 1.29 is 31.9 Å². The number of nitrogens with one attached hydrogen (secondary N) is 1. The fourth-order valence-electron chi connectivity index (χ4n) is 4.47. The quantitative estimate of drug-likeness (QED) is 0.277. The predicted octanol–water partition coefficient (Wildman–Crippen LogP) is 4.93. The molecule has 232 valence electrons. The minimum Gasteiger partial charge on any atom is -0.493 e. The van der Waals surface area contributed by atoms with Gasteiger partial charge in [-0.05, 0) is 61.2 Å². The molecule has 0 bridgehead atoms. The minimum atomic E-state index is -4.26. The Morgan fingerprint density at radius 1 is 0.930 bits per heavy atom. The zero-order chi connectivity index (χ0) is 31.7. The Balaban J connectivity index is 2.10. The molecule has 1 N–H and O–H groups in total. The molecule has 0 saturated carbocycles. The first-order valence-electron chi connectivity index (χ1n) is 14.0. The average molecular weight is 614 g/mol. The maximum atomic E-state index is 14.2. The van der Waals surface area contributed by atoms with E-state index in [2.05, 4.69) is 5.32 Å². The number of halogens is 1. The highest BCUT2D eigenvalue weighted by atomic mass is 32.2. The van der Waals surface area contributed by atoms with Gasteiger partial charge in [0.25, 0.3) is 10.0 Å². The van der Waals surface area contributed by atoms with Crippen molar-refractivity contribution in [3.8, 4) is 11.5 Å². The Morgan fingerprint density at radius 3 is 2.12 bits per heavy atom. The lowest BCUT2D eigenvalue weighted by Crippen LogP contribution is -2.52. The van der Waals surface area contributed by atoms with Crippen molar-refractivity contribution in [3.05, 3.63) is 83.7 Å². The van der Waals surface area contributed by atoms with E-state index in [-0.39, 0.29) is 41.1 Å². The summed E-state index contributed by atoms with van der Waals surface area (Å²) < 4.78 is 53.5. The Hall–Kier alpha value is -4.12. The first kappa shape index (κ1) is 33.4. The van der Waals surface area contributed by atoms with Crippen LogP contribution in [0.4, 0.5) is 10.1 Å². The van der Waals surface area contributed by atoms with Gasteiger partial charge in [-0.3, -0.25) is 13.9 Å². The standard InChI is InChI=1S/C32H40FN3O6S/c1-7-28(32(38)34-19-22(2)3)35(20-24-10-12-25(33)13-11-24)31(37)21-36(26-14-17-29(41-5)30(18-26)42-6)43(39,40)27-15-8-23(4)9-16-27/h8-18,22,28H,7,19-21H2,1-6H3,(H,34,38). The topological polar surface area (TPSA) is 105 Å². The SMILES string of the molecule is CCC(C(=O)NCC(C)C)N(Cc1ccc(F)cc1)C(=O)CN(c1ccc(OC)c(OC)c1)S(=O)(=O)c1ccc(C)cc1. The first-order chi connectivity index (χ1) is 20.4. The first-order valence-corrected chi connectivity index (χ1v) is 15.5. The van der Waals surface area contributed by atoms with E-state index in [0.717, 1.165) is 9.87 Å². The van der Waals surface area contributed by atoms with E-state index in [1.165, 1.54) is 67.7 Å². The molecule has 0 heterocycles. The van der Waals surface area contributed by atoms with Crippen LogP contribution >= 0.6 is 0 Å². The van der Waals surface area contributed by atoms with E-state index < -0.39 is 34.3 Å². The van der Waals surface area contributed by atoms with Gasteiger partial charge in [-0.25, -0.2) is 12.8 Å². The van der Waals surface area contributed by atoms with Gasteiger partial charge < -0.3 is 19.7 Å². The summed E-state index contributed by atoms with van der Waals surface area (Å²) in [5.41, 5.74) is 1.63. The molecule has 0 aliphatic heterocycles. The molecule has 9 nitrogen and oxygen atoms in total. The zero-order valence-corrected chi connectivity index (χ0v) is 26.3. The summed E-state index contributed by atoms with van der Waals surface area (Å²) in [6, 6.07) is 15.6. The van der Waals surface area contributed by atoms with Crippen LogP contribution in [0.15, 0.2) is 71.6 Å². The van der Waals surface area contributed by atoms with E-state index in [9.17, 15) is 22.4 Å². The third kappa shape index (κ3) is 8.47. The van der Waals surface area contributed by atoms with Crippen molar-refractivity contribution in [2.45, 2.75) is 51.6 Å². The fraction of sp³-hybridized carbons (Fsp3) is 0.375. The molecule has 0 spiro atoms. The average Bonchev–Trinajstić information content (AvgIpc) is 2.99. The van der Waals surface area contributed by atoms with Crippen LogP contribution in [0.25, 0.3) is 0 Å². The van der Waals surface area contributed by atoms with E-state index in [4.69, 9.17) is 9.47 Å². The van der Waals surface area contributed by atoms with Gasteiger partial charge in [-0.15, -0.1) is 0 Å². The van der Waals surface area contributed by atoms with Crippen LogP contribution in [0.1, 0.15) is 38.3 Å². The number of rotatable bonds is 14. The lowest BCUT2D eigenvalue weighted by Gasteiger charge is -2.33. The minimum absolute atomic E-state index is 0.00696. The van der Waals surface area contributed by atoms with Crippen LogP contribution in [0.5, 0.6) is 11.5 Å². The van der Waals surface area contributed by atoms with Gasteiger partial charge >= 0.3 is 0 Å². The predicted molar refractivity (Wildman–Crippen MR) is 164 cm³/mol. The maximum Gasteiger partial charge on any atom is 0.264 e. The zero-order valence-electron chi connectivity index (χ0n) is 25.5. The second-order valence-corrected chi connectivity index (χ2v) is 12.4. The highest BCUT2D eigenvalue weighted by Crippen LogP contribution is 2.34. The number of sulfonamides is 1. The Bertz CT molecular complexity index is 1490. The monoisotopic (exact) mass is 613 g/mol. The number of carbonyl (C=O) groups is 2. The van der Waals surface area contributed by atoms with Crippen LogP contribution < -0.4 is 19.1 Å². The highest BCUT2D eigenvalue weighted by molar-refractivity contribution is 7.92. The van der Waals surface area contributed by atoms with E-state index in [1.54, 1.807) is 25.1 Å². The second kappa shape index (κ2) is 14.9. The van der Waals surface area contributed by atoms with Crippen LogP contribution in [0.3, 0.4) is 0 Å². The molecule has 0 saturated heterocycles. The lowest BCUT2D eigenvalue weighted by atomic mass is 10.1. The van der Waals surface area contributed by atoms with E-state index >= 15 is 0 Å². The summed E-state index contributed by atoms with van der Waals surface area (Å²) in [6.07, 6.45) is 0.276. The van der Waals surface area contributed by atoms with Gasteiger partial charge in [0, 0.05) is 19.2 Å². The molecular weight excluding hydrogens is 573 g/mol. The molecule has 3 aromatic carbocycles. The molecule has 43 heavy (non-hydrogen) atoms. The summed E-state index contributed by atoms with van der Waals surface area (Å²) in [4.78, 5) is 28.8. The number of hydrogen-bond acceptors (Lipinski definition) is 6. The van der Waals surface area contributed by atoms with Gasteiger partial charge in [0.2, 0.25) is 11.8 Å². The number of aryl methyl sites for hydroxylation is 1. The van der Waals surface area contributed by atoms with Crippen LogP contribution in [0.2, 0.25) is 0 Å². The number of carbonyl (C=O) groups excluding carboxylic acids is 2. The molecule has 11 heteroatoms. The van der Waals surface area contributed by atoms with Crippen molar-refractivity contribution in [3.63, 3.8) is 0 Å². The summed E-state index contributed by atoms with van der Waals surface area (Å²) in [7, 11) is -1.37. The lowest BCUT2D eigenvalue weighted by molar-refractivity contribution is -0.140. The third-order valence-corrected chi connectivity index (χ3v) is 8.67. The number of anilines is 1. The molecule has 3 aromatic rings. The molecule has 0 aliphatic rings. The molecule has 1 unspecified atom stereocenters. The van der Waals surface area contributed by atoms with E-state index in [0.29, 0.717) is 17.9 Å². The smallest absolute Gasteiger partial charge is 0.264 e. The number of amides is 2. The van der Waals surface area contributed by atoms with Crippen molar-refractivity contribution >= 4 is 27.5 Å². The Labute approximate surface area is 253 Å². The maximum absolute atomic E-state index is 14.2. The molecular formula is C32H40FN3O6S. The normalized spacial score (nSPS) is 12.0. The Kier molecular flexibility index (Phi) is 11.5. The molecule has 0 aromatic heterocycles.